The van der Waals surface area contributed by atoms with Gasteiger partial charge in [0.25, 0.3) is 0 Å². The second kappa shape index (κ2) is 10.3. The molecule has 1 amide bonds. The average Bonchev–Trinajstić information content (AvgIpc) is 3.23. The number of benzene rings is 4. The fourth-order valence-electron chi connectivity index (χ4n) is 3.70. The summed E-state index contributed by atoms with van der Waals surface area (Å²) in [4.78, 5) is 12.5. The Bertz CT molecular complexity index is 1450. The molecule has 1 aromatic heterocycles. The van der Waals surface area contributed by atoms with Gasteiger partial charge in [-0.2, -0.15) is 0 Å². The molecule has 0 radical (unpaired) electrons. The number of thioether (sulfide) groups is 1. The summed E-state index contributed by atoms with van der Waals surface area (Å²) in [5, 5.41) is 14.1. The number of rotatable bonds is 8. The van der Waals surface area contributed by atoms with Crippen molar-refractivity contribution >= 4 is 34.1 Å². The fraction of sp³-hybridized carbons (Fsp3) is 0.0741. The van der Waals surface area contributed by atoms with Crippen molar-refractivity contribution in [3.63, 3.8) is 0 Å². The average molecular weight is 482 g/mol. The lowest BCUT2D eigenvalue weighted by Gasteiger charge is -2.08. The molecule has 3 N–H and O–H groups in total. The fourth-order valence-corrected chi connectivity index (χ4v) is 4.38. The molecule has 4 aromatic carbocycles. The zero-order valence-corrected chi connectivity index (χ0v) is 19.6. The molecular weight excluding hydrogens is 458 g/mol. The third kappa shape index (κ3) is 5.44. The predicted octanol–water partition coefficient (Wildman–Crippen LogP) is 5.26. The largest absolute Gasteiger partial charge is 0.457 e. The molecule has 0 fully saturated rings. The number of carbonyl (C=O) groups excluding carboxylic acids is 1. The summed E-state index contributed by atoms with van der Waals surface area (Å²) < 4.78 is 7.23. The minimum Gasteiger partial charge on any atom is -0.457 e. The number of ether oxygens (including phenoxy) is 1. The summed E-state index contributed by atoms with van der Waals surface area (Å²) in [7, 11) is 0. The molecule has 5 aromatic rings. The lowest BCUT2D eigenvalue weighted by atomic mass is 10.0. The summed E-state index contributed by atoms with van der Waals surface area (Å²) in [6.07, 6.45) is 0.551. The van der Waals surface area contributed by atoms with E-state index in [2.05, 4.69) is 39.8 Å². The van der Waals surface area contributed by atoms with E-state index in [0.29, 0.717) is 28.8 Å². The van der Waals surface area contributed by atoms with E-state index in [1.54, 1.807) is 12.1 Å². The molecular formula is C27H23N5O2S. The minimum atomic E-state index is -0.162. The first-order chi connectivity index (χ1) is 17.2. The van der Waals surface area contributed by atoms with Gasteiger partial charge in [-0.15, -0.1) is 10.2 Å². The highest BCUT2D eigenvalue weighted by Gasteiger charge is 2.14. The van der Waals surface area contributed by atoms with Gasteiger partial charge < -0.3 is 15.9 Å². The van der Waals surface area contributed by atoms with Crippen LogP contribution in [0.25, 0.3) is 10.8 Å². The first-order valence-electron chi connectivity index (χ1n) is 11.1. The Kier molecular flexibility index (Phi) is 6.63. The van der Waals surface area contributed by atoms with Crippen LogP contribution in [0.15, 0.2) is 102 Å². The van der Waals surface area contributed by atoms with Gasteiger partial charge in [-0.25, -0.2) is 4.68 Å². The number of hydrogen-bond donors (Lipinski definition) is 2. The number of nitrogens with two attached hydrogens (primary N) is 1. The van der Waals surface area contributed by atoms with Gasteiger partial charge in [0, 0.05) is 12.1 Å². The Morgan fingerprint density at radius 2 is 1.57 bits per heavy atom. The Hall–Kier alpha value is -4.30. The third-order valence-electron chi connectivity index (χ3n) is 5.41. The minimum absolute atomic E-state index is 0.159. The summed E-state index contributed by atoms with van der Waals surface area (Å²) in [6, 6.07) is 31.1. The number of aromatic nitrogens is 3. The Morgan fingerprint density at radius 1 is 0.857 bits per heavy atom. The van der Waals surface area contributed by atoms with E-state index in [4.69, 9.17) is 10.6 Å². The van der Waals surface area contributed by atoms with Crippen LogP contribution in [-0.2, 0) is 11.2 Å². The predicted molar refractivity (Wildman–Crippen MR) is 139 cm³/mol. The van der Waals surface area contributed by atoms with Crippen molar-refractivity contribution in [1.82, 2.24) is 14.9 Å². The second-order valence-electron chi connectivity index (χ2n) is 7.86. The van der Waals surface area contributed by atoms with Crippen molar-refractivity contribution in [3.8, 4) is 11.5 Å². The highest BCUT2D eigenvalue weighted by atomic mass is 32.2. The van der Waals surface area contributed by atoms with Gasteiger partial charge in [0.2, 0.25) is 11.1 Å². The van der Waals surface area contributed by atoms with Crippen molar-refractivity contribution in [2.45, 2.75) is 11.6 Å². The summed E-state index contributed by atoms with van der Waals surface area (Å²) in [5.74, 6) is 8.32. The van der Waals surface area contributed by atoms with Gasteiger partial charge in [0.1, 0.15) is 11.5 Å². The molecule has 0 spiro atoms. The van der Waals surface area contributed by atoms with Gasteiger partial charge in [0.15, 0.2) is 5.82 Å². The topological polar surface area (TPSA) is 95.1 Å². The molecule has 35 heavy (non-hydrogen) atoms. The Labute approximate surface area is 206 Å². The molecule has 0 aliphatic heterocycles. The van der Waals surface area contributed by atoms with Crippen LogP contribution in [-0.4, -0.2) is 26.5 Å². The second-order valence-corrected chi connectivity index (χ2v) is 8.80. The number of para-hydroxylation sites is 1. The number of nitrogens with one attached hydrogen (secondary N) is 1. The van der Waals surface area contributed by atoms with E-state index in [1.165, 1.54) is 21.8 Å². The van der Waals surface area contributed by atoms with Crippen LogP contribution in [0.2, 0.25) is 0 Å². The molecule has 7 nitrogen and oxygen atoms in total. The number of nitrogen functional groups attached to an aromatic ring is 1. The molecule has 0 saturated carbocycles. The van der Waals surface area contributed by atoms with Crippen LogP contribution >= 0.6 is 11.8 Å². The van der Waals surface area contributed by atoms with E-state index in [0.717, 1.165) is 16.7 Å². The van der Waals surface area contributed by atoms with E-state index in [9.17, 15) is 4.79 Å². The first kappa shape index (κ1) is 22.5. The van der Waals surface area contributed by atoms with Crippen molar-refractivity contribution in [3.05, 3.63) is 108 Å². The number of anilines is 1. The molecule has 0 saturated heterocycles. The van der Waals surface area contributed by atoms with Crippen molar-refractivity contribution in [2.24, 2.45) is 0 Å². The third-order valence-corrected chi connectivity index (χ3v) is 6.36. The Morgan fingerprint density at radius 3 is 2.40 bits per heavy atom. The van der Waals surface area contributed by atoms with Crippen LogP contribution in [0.4, 0.5) is 5.69 Å². The van der Waals surface area contributed by atoms with E-state index >= 15 is 0 Å². The van der Waals surface area contributed by atoms with Gasteiger partial charge in [0.05, 0.1) is 5.75 Å². The number of amides is 1. The molecule has 5 rings (SSSR count). The van der Waals surface area contributed by atoms with Crippen molar-refractivity contribution in [1.29, 1.82) is 0 Å². The highest BCUT2D eigenvalue weighted by molar-refractivity contribution is 7.99. The lowest BCUT2D eigenvalue weighted by molar-refractivity contribution is -0.113. The zero-order valence-electron chi connectivity index (χ0n) is 18.8. The molecule has 0 unspecified atom stereocenters. The van der Waals surface area contributed by atoms with E-state index in [-0.39, 0.29) is 11.7 Å². The maximum atomic E-state index is 12.5. The lowest BCUT2D eigenvalue weighted by Crippen LogP contribution is -2.17. The van der Waals surface area contributed by atoms with Crippen LogP contribution in [0.5, 0.6) is 11.5 Å². The quantitative estimate of drug-likeness (QED) is 0.232. The summed E-state index contributed by atoms with van der Waals surface area (Å²) in [6.45, 7) is 0. The summed E-state index contributed by atoms with van der Waals surface area (Å²) >= 11 is 1.24. The SMILES string of the molecule is Nn1c(Cc2cccc3ccccc23)nnc1SCC(=O)Nc1ccc(Oc2ccccc2)cc1. The maximum absolute atomic E-state index is 12.5. The van der Waals surface area contributed by atoms with Crippen molar-refractivity contribution in [2.75, 3.05) is 16.9 Å². The molecule has 0 atom stereocenters. The van der Waals surface area contributed by atoms with Gasteiger partial charge in [-0.05, 0) is 52.7 Å². The number of hydrogen-bond acceptors (Lipinski definition) is 6. The molecule has 1 heterocycles. The first-order valence-corrected chi connectivity index (χ1v) is 12.1. The monoisotopic (exact) mass is 481 g/mol. The molecule has 174 valence electrons. The molecule has 0 bridgehead atoms. The van der Waals surface area contributed by atoms with Crippen LogP contribution in [0, 0.1) is 0 Å². The standard InChI is InChI=1S/C27H23N5O2S/c28-32-25(17-20-9-6-8-19-7-4-5-12-24(19)20)30-31-27(32)35-18-26(33)29-21-13-15-23(16-14-21)34-22-10-2-1-3-11-22/h1-16H,17-18,28H2,(H,29,33). The van der Waals surface area contributed by atoms with Gasteiger partial charge in [-0.1, -0.05) is 72.4 Å². The Balaban J connectivity index is 1.17. The maximum Gasteiger partial charge on any atom is 0.234 e. The van der Waals surface area contributed by atoms with E-state index < -0.39 is 0 Å². The molecule has 0 aliphatic rings. The normalized spacial score (nSPS) is 10.9. The highest BCUT2D eigenvalue weighted by Crippen LogP contribution is 2.24. The number of carbonyl (C=O) groups is 1. The summed E-state index contributed by atoms with van der Waals surface area (Å²) in [5.41, 5.74) is 1.80. The van der Waals surface area contributed by atoms with Gasteiger partial charge in [-0.3, -0.25) is 4.79 Å². The number of nitrogens with zero attached hydrogens (tertiary/aromatic N) is 3. The van der Waals surface area contributed by atoms with E-state index in [1.807, 2.05) is 60.7 Å². The zero-order chi connectivity index (χ0) is 24.0. The van der Waals surface area contributed by atoms with Crippen molar-refractivity contribution < 1.29 is 9.53 Å². The van der Waals surface area contributed by atoms with Crippen LogP contribution in [0.1, 0.15) is 11.4 Å². The molecule has 8 heteroatoms. The smallest absolute Gasteiger partial charge is 0.234 e. The van der Waals surface area contributed by atoms with Gasteiger partial charge >= 0.3 is 0 Å². The van der Waals surface area contributed by atoms with Crippen LogP contribution in [0.3, 0.4) is 0 Å². The number of fused-ring (bicyclic) bond motifs is 1. The molecule has 0 aliphatic carbocycles. The van der Waals surface area contributed by atoms with Crippen LogP contribution < -0.4 is 15.9 Å².